The first-order chi connectivity index (χ1) is 11.0. The monoisotopic (exact) mass is 318 g/mol. The number of nitrogens with one attached hydrogen (secondary N) is 2. The molecule has 23 heavy (non-hydrogen) atoms. The van der Waals surface area contributed by atoms with Crippen molar-refractivity contribution in [1.82, 2.24) is 20.6 Å². The number of amides is 2. The van der Waals surface area contributed by atoms with Crippen molar-refractivity contribution < 1.29 is 19.1 Å². The molecule has 2 rings (SSSR count). The Morgan fingerprint density at radius 2 is 1.87 bits per heavy atom. The van der Waals surface area contributed by atoms with Crippen LogP contribution in [-0.4, -0.2) is 35.3 Å². The summed E-state index contributed by atoms with van der Waals surface area (Å²) >= 11 is 0. The van der Waals surface area contributed by atoms with Crippen LogP contribution in [0, 0.1) is 0 Å². The minimum Gasteiger partial charge on any atom is -0.493 e. The van der Waals surface area contributed by atoms with E-state index in [1.807, 2.05) is 6.92 Å². The SMILES string of the molecule is CCOc1ccc(C(=O)NNC(=O)c2cnn(C)c2)cc1OC. The third-order valence-electron chi connectivity index (χ3n) is 2.98. The molecule has 1 aromatic heterocycles. The average molecular weight is 318 g/mol. The van der Waals surface area contributed by atoms with Crippen molar-refractivity contribution in [2.45, 2.75) is 6.92 Å². The molecule has 1 aromatic carbocycles. The summed E-state index contributed by atoms with van der Waals surface area (Å²) in [5.41, 5.74) is 5.34. The predicted molar refractivity (Wildman–Crippen MR) is 82.3 cm³/mol. The normalized spacial score (nSPS) is 10.0. The van der Waals surface area contributed by atoms with E-state index in [9.17, 15) is 9.59 Å². The van der Waals surface area contributed by atoms with Gasteiger partial charge in [0.1, 0.15) is 0 Å². The number of hydrogen-bond acceptors (Lipinski definition) is 5. The van der Waals surface area contributed by atoms with E-state index in [1.54, 1.807) is 25.4 Å². The largest absolute Gasteiger partial charge is 0.493 e. The molecular formula is C15H18N4O4. The summed E-state index contributed by atoms with van der Waals surface area (Å²) in [7, 11) is 3.19. The number of carbonyl (C=O) groups is 2. The molecule has 0 radical (unpaired) electrons. The fourth-order valence-corrected chi connectivity index (χ4v) is 1.88. The number of hydrazine groups is 1. The van der Waals surface area contributed by atoms with Crippen LogP contribution in [-0.2, 0) is 7.05 Å². The summed E-state index contributed by atoms with van der Waals surface area (Å²) in [5.74, 6) is 0.0666. The van der Waals surface area contributed by atoms with Crippen molar-refractivity contribution in [3.8, 4) is 11.5 Å². The van der Waals surface area contributed by atoms with Crippen LogP contribution in [0.3, 0.4) is 0 Å². The van der Waals surface area contributed by atoms with E-state index in [2.05, 4.69) is 16.0 Å². The highest BCUT2D eigenvalue weighted by Crippen LogP contribution is 2.27. The molecule has 0 aliphatic carbocycles. The van der Waals surface area contributed by atoms with Crippen LogP contribution in [0.2, 0.25) is 0 Å². The molecule has 2 N–H and O–H groups in total. The third kappa shape index (κ3) is 4.00. The van der Waals surface area contributed by atoms with Gasteiger partial charge in [0, 0.05) is 18.8 Å². The van der Waals surface area contributed by atoms with Gasteiger partial charge in [-0.05, 0) is 25.1 Å². The molecule has 0 aliphatic heterocycles. The van der Waals surface area contributed by atoms with Gasteiger partial charge in [-0.15, -0.1) is 0 Å². The molecule has 122 valence electrons. The Balaban J connectivity index is 2.01. The van der Waals surface area contributed by atoms with E-state index in [0.29, 0.717) is 29.2 Å². The van der Waals surface area contributed by atoms with Gasteiger partial charge in [0.05, 0.1) is 25.5 Å². The molecule has 8 heteroatoms. The molecule has 2 aromatic rings. The van der Waals surface area contributed by atoms with Crippen LogP contribution in [0.25, 0.3) is 0 Å². The number of methoxy groups -OCH3 is 1. The molecule has 2 amide bonds. The lowest BCUT2D eigenvalue weighted by molar-refractivity contribution is 0.0846. The molecule has 0 unspecified atom stereocenters. The molecule has 0 saturated carbocycles. The molecule has 0 fully saturated rings. The standard InChI is InChI=1S/C15H18N4O4/c1-4-23-12-6-5-10(7-13(12)22-3)14(20)17-18-15(21)11-8-16-19(2)9-11/h5-9H,4H2,1-3H3,(H,17,20)(H,18,21). The lowest BCUT2D eigenvalue weighted by Crippen LogP contribution is -2.41. The number of rotatable bonds is 5. The Labute approximate surface area is 133 Å². The molecule has 8 nitrogen and oxygen atoms in total. The number of ether oxygens (including phenoxy) is 2. The Hall–Kier alpha value is -3.03. The fraction of sp³-hybridized carbons (Fsp3) is 0.267. The number of aromatic nitrogens is 2. The van der Waals surface area contributed by atoms with Crippen molar-refractivity contribution in [1.29, 1.82) is 0 Å². The van der Waals surface area contributed by atoms with E-state index in [4.69, 9.17) is 9.47 Å². The zero-order valence-electron chi connectivity index (χ0n) is 13.1. The van der Waals surface area contributed by atoms with Gasteiger partial charge in [0.2, 0.25) is 0 Å². The van der Waals surface area contributed by atoms with E-state index >= 15 is 0 Å². The summed E-state index contributed by atoms with van der Waals surface area (Å²) in [6.07, 6.45) is 2.95. The van der Waals surface area contributed by atoms with Crippen LogP contribution < -0.4 is 20.3 Å². The maximum Gasteiger partial charge on any atom is 0.272 e. The van der Waals surface area contributed by atoms with E-state index in [1.165, 1.54) is 24.1 Å². The topological polar surface area (TPSA) is 94.5 Å². The second-order valence-electron chi connectivity index (χ2n) is 4.61. The van der Waals surface area contributed by atoms with Crippen molar-refractivity contribution >= 4 is 11.8 Å². The highest BCUT2D eigenvalue weighted by atomic mass is 16.5. The van der Waals surface area contributed by atoms with Crippen LogP contribution in [0.5, 0.6) is 11.5 Å². The molecular weight excluding hydrogens is 300 g/mol. The Bertz CT molecular complexity index is 711. The molecule has 0 saturated heterocycles. The zero-order chi connectivity index (χ0) is 16.8. The first kappa shape index (κ1) is 16.3. The summed E-state index contributed by atoms with van der Waals surface area (Å²) in [6, 6.07) is 4.76. The van der Waals surface area contributed by atoms with Crippen LogP contribution >= 0.6 is 0 Å². The fourth-order valence-electron chi connectivity index (χ4n) is 1.88. The van der Waals surface area contributed by atoms with E-state index < -0.39 is 11.8 Å². The van der Waals surface area contributed by atoms with Crippen LogP contribution in [0.4, 0.5) is 0 Å². The smallest absolute Gasteiger partial charge is 0.272 e. The van der Waals surface area contributed by atoms with Gasteiger partial charge >= 0.3 is 0 Å². The van der Waals surface area contributed by atoms with Crippen LogP contribution in [0.1, 0.15) is 27.6 Å². The van der Waals surface area contributed by atoms with Crippen molar-refractivity contribution in [3.63, 3.8) is 0 Å². The third-order valence-corrected chi connectivity index (χ3v) is 2.98. The molecule has 1 heterocycles. The van der Waals surface area contributed by atoms with Gasteiger partial charge in [-0.2, -0.15) is 5.10 Å². The average Bonchev–Trinajstić information content (AvgIpc) is 2.99. The maximum absolute atomic E-state index is 12.1. The van der Waals surface area contributed by atoms with Gasteiger partial charge in [-0.3, -0.25) is 25.1 Å². The molecule has 0 atom stereocenters. The Morgan fingerprint density at radius 1 is 1.17 bits per heavy atom. The van der Waals surface area contributed by atoms with Crippen molar-refractivity contribution in [2.24, 2.45) is 7.05 Å². The number of aryl methyl sites for hydroxylation is 1. The van der Waals surface area contributed by atoms with Crippen molar-refractivity contribution in [2.75, 3.05) is 13.7 Å². The molecule has 0 aliphatic rings. The first-order valence-corrected chi connectivity index (χ1v) is 6.95. The lowest BCUT2D eigenvalue weighted by Gasteiger charge is -2.11. The maximum atomic E-state index is 12.1. The van der Waals surface area contributed by atoms with Gasteiger partial charge in [-0.25, -0.2) is 0 Å². The highest BCUT2D eigenvalue weighted by Gasteiger charge is 2.13. The second-order valence-corrected chi connectivity index (χ2v) is 4.61. The minimum atomic E-state index is -0.469. The molecule has 0 spiro atoms. The summed E-state index contributed by atoms with van der Waals surface area (Å²) in [6.45, 7) is 2.34. The van der Waals surface area contributed by atoms with Gasteiger partial charge < -0.3 is 9.47 Å². The van der Waals surface area contributed by atoms with E-state index in [-0.39, 0.29) is 0 Å². The number of benzene rings is 1. The summed E-state index contributed by atoms with van der Waals surface area (Å²) in [5, 5.41) is 3.89. The summed E-state index contributed by atoms with van der Waals surface area (Å²) in [4.78, 5) is 23.9. The zero-order valence-corrected chi connectivity index (χ0v) is 13.1. The van der Waals surface area contributed by atoms with Crippen molar-refractivity contribution in [3.05, 3.63) is 41.7 Å². The number of nitrogens with zero attached hydrogens (tertiary/aromatic N) is 2. The quantitative estimate of drug-likeness (QED) is 0.799. The number of carbonyl (C=O) groups excluding carboxylic acids is 2. The molecule has 0 bridgehead atoms. The highest BCUT2D eigenvalue weighted by molar-refractivity contribution is 5.99. The first-order valence-electron chi connectivity index (χ1n) is 6.95. The van der Waals surface area contributed by atoms with Crippen LogP contribution in [0.15, 0.2) is 30.6 Å². The predicted octanol–water partition coefficient (Wildman–Crippen LogP) is 0.902. The minimum absolute atomic E-state index is 0.330. The van der Waals surface area contributed by atoms with Gasteiger partial charge in [-0.1, -0.05) is 0 Å². The summed E-state index contributed by atoms with van der Waals surface area (Å²) < 4.78 is 12.1. The number of hydrogen-bond donors (Lipinski definition) is 2. The van der Waals surface area contributed by atoms with Gasteiger partial charge in [0.25, 0.3) is 11.8 Å². The Kier molecular flexibility index (Phi) is 5.19. The van der Waals surface area contributed by atoms with Gasteiger partial charge in [0.15, 0.2) is 11.5 Å². The lowest BCUT2D eigenvalue weighted by atomic mass is 10.2. The Morgan fingerprint density at radius 3 is 2.43 bits per heavy atom. The van der Waals surface area contributed by atoms with E-state index in [0.717, 1.165) is 0 Å². The second kappa shape index (κ2) is 7.30.